The summed E-state index contributed by atoms with van der Waals surface area (Å²) in [4.78, 5) is 34.7. The summed E-state index contributed by atoms with van der Waals surface area (Å²) in [5.41, 5.74) is 1.07. The first kappa shape index (κ1) is 22.0. The lowest BCUT2D eigenvalue weighted by molar-refractivity contribution is -0.384. The summed E-state index contributed by atoms with van der Waals surface area (Å²) in [6.45, 7) is 4.32. The number of hydrogen-bond acceptors (Lipinski definition) is 8. The third-order valence-electron chi connectivity index (χ3n) is 4.29. The highest BCUT2D eigenvalue weighted by molar-refractivity contribution is 7.99. The molecule has 0 fully saturated rings. The van der Waals surface area contributed by atoms with Crippen LogP contribution >= 0.6 is 11.8 Å². The van der Waals surface area contributed by atoms with Crippen LogP contribution in [0.15, 0.2) is 46.2 Å². The number of nitrogens with one attached hydrogen (secondary N) is 2. The van der Waals surface area contributed by atoms with Crippen LogP contribution in [0.25, 0.3) is 0 Å². The van der Waals surface area contributed by atoms with Crippen molar-refractivity contribution in [3.8, 4) is 0 Å². The fraction of sp³-hybridized carbons (Fsp3) is 0.263. The van der Waals surface area contributed by atoms with E-state index >= 15 is 0 Å². The van der Waals surface area contributed by atoms with Crippen LogP contribution < -0.4 is 10.6 Å². The Kier molecular flexibility index (Phi) is 7.03. The fourth-order valence-corrected chi connectivity index (χ4v) is 3.57. The SMILES string of the molecule is CCn1c(CNC(=O)c2ccco2)nnc1SCC(=O)Nc1ccc([N+](=O)[O-])cc1C. The van der Waals surface area contributed by atoms with Gasteiger partial charge in [0.25, 0.3) is 11.6 Å². The summed E-state index contributed by atoms with van der Waals surface area (Å²) in [6, 6.07) is 7.44. The van der Waals surface area contributed by atoms with Crippen LogP contribution in [0, 0.1) is 17.0 Å². The summed E-state index contributed by atoms with van der Waals surface area (Å²) >= 11 is 1.20. The van der Waals surface area contributed by atoms with Crippen molar-refractivity contribution in [1.82, 2.24) is 20.1 Å². The average Bonchev–Trinajstić information content (AvgIpc) is 3.41. The lowest BCUT2D eigenvalue weighted by atomic mass is 10.2. The summed E-state index contributed by atoms with van der Waals surface area (Å²) in [5.74, 6) is 0.197. The van der Waals surface area contributed by atoms with E-state index in [2.05, 4.69) is 20.8 Å². The predicted molar refractivity (Wildman–Crippen MR) is 113 cm³/mol. The molecule has 0 saturated heterocycles. The molecule has 2 N–H and O–H groups in total. The molecule has 0 spiro atoms. The van der Waals surface area contributed by atoms with Gasteiger partial charge in [-0.05, 0) is 37.6 Å². The molecule has 0 bridgehead atoms. The molecule has 1 aromatic carbocycles. The lowest BCUT2D eigenvalue weighted by Crippen LogP contribution is -2.24. The Morgan fingerprint density at radius 2 is 2.10 bits per heavy atom. The molecule has 0 aliphatic heterocycles. The van der Waals surface area contributed by atoms with Gasteiger partial charge < -0.3 is 19.6 Å². The van der Waals surface area contributed by atoms with Gasteiger partial charge in [-0.2, -0.15) is 0 Å². The number of anilines is 1. The zero-order valence-electron chi connectivity index (χ0n) is 16.8. The molecule has 3 rings (SSSR count). The van der Waals surface area contributed by atoms with Crippen LogP contribution in [0.1, 0.15) is 28.9 Å². The number of furan rings is 1. The Hall–Kier alpha value is -3.67. The monoisotopic (exact) mass is 444 g/mol. The van der Waals surface area contributed by atoms with Crippen LogP contribution in [0.4, 0.5) is 11.4 Å². The van der Waals surface area contributed by atoms with Crippen molar-refractivity contribution in [2.45, 2.75) is 32.1 Å². The fourth-order valence-electron chi connectivity index (χ4n) is 2.75. The van der Waals surface area contributed by atoms with Gasteiger partial charge >= 0.3 is 0 Å². The van der Waals surface area contributed by atoms with Gasteiger partial charge in [-0.15, -0.1) is 10.2 Å². The Labute approximate surface area is 181 Å². The third-order valence-corrected chi connectivity index (χ3v) is 5.26. The second kappa shape index (κ2) is 9.89. The van der Waals surface area contributed by atoms with E-state index in [-0.39, 0.29) is 35.6 Å². The Balaban J connectivity index is 1.57. The molecule has 11 nitrogen and oxygen atoms in total. The van der Waals surface area contributed by atoms with Gasteiger partial charge in [-0.3, -0.25) is 19.7 Å². The minimum atomic E-state index is -0.485. The molecule has 0 aliphatic carbocycles. The standard InChI is InChI=1S/C19H20N6O5S/c1-3-24-16(10-20-18(27)15-5-4-8-30-15)22-23-19(24)31-11-17(26)21-14-7-6-13(25(28)29)9-12(14)2/h4-9H,3,10-11H2,1-2H3,(H,20,27)(H,21,26). The number of nitro benzene ring substituents is 1. The van der Waals surface area contributed by atoms with Crippen molar-refractivity contribution in [3.63, 3.8) is 0 Å². The number of nitrogens with zero attached hydrogens (tertiary/aromatic N) is 4. The van der Waals surface area contributed by atoms with Gasteiger partial charge in [-0.25, -0.2) is 0 Å². The molecule has 0 saturated carbocycles. The maximum Gasteiger partial charge on any atom is 0.287 e. The van der Waals surface area contributed by atoms with Gasteiger partial charge in [-0.1, -0.05) is 11.8 Å². The number of carbonyl (C=O) groups is 2. The smallest absolute Gasteiger partial charge is 0.287 e. The van der Waals surface area contributed by atoms with Crippen LogP contribution in [0.3, 0.4) is 0 Å². The maximum absolute atomic E-state index is 12.3. The van der Waals surface area contributed by atoms with E-state index < -0.39 is 4.92 Å². The average molecular weight is 444 g/mol. The van der Waals surface area contributed by atoms with Gasteiger partial charge in [0.15, 0.2) is 16.7 Å². The van der Waals surface area contributed by atoms with E-state index in [0.717, 1.165) is 0 Å². The zero-order chi connectivity index (χ0) is 22.4. The van der Waals surface area contributed by atoms with E-state index in [9.17, 15) is 19.7 Å². The van der Waals surface area contributed by atoms with Crippen molar-refractivity contribution in [2.24, 2.45) is 0 Å². The first-order chi connectivity index (χ1) is 14.9. The summed E-state index contributed by atoms with van der Waals surface area (Å²) in [5, 5.41) is 25.0. The molecule has 2 heterocycles. The van der Waals surface area contributed by atoms with Gasteiger partial charge in [0.05, 0.1) is 23.5 Å². The lowest BCUT2D eigenvalue weighted by Gasteiger charge is -2.09. The molecule has 2 aromatic heterocycles. The van der Waals surface area contributed by atoms with Crippen LogP contribution in [-0.2, 0) is 17.9 Å². The minimum absolute atomic E-state index is 0.0346. The highest BCUT2D eigenvalue weighted by Gasteiger charge is 2.16. The van der Waals surface area contributed by atoms with Gasteiger partial charge in [0.1, 0.15) is 0 Å². The number of hydrogen-bond donors (Lipinski definition) is 2. The van der Waals surface area contributed by atoms with Crippen molar-refractivity contribution in [3.05, 3.63) is 63.9 Å². The number of nitro groups is 1. The zero-order valence-corrected chi connectivity index (χ0v) is 17.6. The van der Waals surface area contributed by atoms with Crippen molar-refractivity contribution < 1.29 is 18.9 Å². The predicted octanol–water partition coefficient (Wildman–Crippen LogP) is 2.77. The van der Waals surface area contributed by atoms with Crippen molar-refractivity contribution in [1.29, 1.82) is 0 Å². The number of thioether (sulfide) groups is 1. The van der Waals surface area contributed by atoms with E-state index in [4.69, 9.17) is 4.42 Å². The molecule has 0 radical (unpaired) electrons. The molecular formula is C19H20N6O5S. The molecule has 2 amide bonds. The molecule has 12 heteroatoms. The Bertz CT molecular complexity index is 1100. The van der Waals surface area contributed by atoms with Gasteiger partial charge in [0, 0.05) is 24.4 Å². The molecule has 0 unspecified atom stereocenters. The van der Waals surface area contributed by atoms with E-state index in [1.807, 2.05) is 6.92 Å². The Morgan fingerprint density at radius 1 is 1.29 bits per heavy atom. The summed E-state index contributed by atoms with van der Waals surface area (Å²) in [6.07, 6.45) is 1.42. The molecule has 31 heavy (non-hydrogen) atoms. The number of amides is 2. The van der Waals surface area contributed by atoms with Gasteiger partial charge in [0.2, 0.25) is 5.91 Å². The maximum atomic E-state index is 12.3. The number of carbonyl (C=O) groups excluding carboxylic acids is 2. The van der Waals surface area contributed by atoms with E-state index in [0.29, 0.717) is 28.8 Å². The minimum Gasteiger partial charge on any atom is -0.459 e. The number of aryl methyl sites for hydroxylation is 1. The van der Waals surface area contributed by atoms with Crippen molar-refractivity contribution in [2.75, 3.05) is 11.1 Å². The number of aromatic nitrogens is 3. The van der Waals surface area contributed by atoms with E-state index in [1.165, 1.54) is 36.2 Å². The quantitative estimate of drug-likeness (QED) is 0.291. The molecule has 0 aliphatic rings. The Morgan fingerprint density at radius 3 is 2.74 bits per heavy atom. The third kappa shape index (κ3) is 5.48. The van der Waals surface area contributed by atoms with Crippen LogP contribution in [0.2, 0.25) is 0 Å². The van der Waals surface area contributed by atoms with Crippen molar-refractivity contribution >= 4 is 35.0 Å². The first-order valence-electron chi connectivity index (χ1n) is 9.30. The second-order valence-electron chi connectivity index (χ2n) is 6.40. The largest absolute Gasteiger partial charge is 0.459 e. The number of rotatable bonds is 9. The first-order valence-corrected chi connectivity index (χ1v) is 10.3. The second-order valence-corrected chi connectivity index (χ2v) is 7.34. The van der Waals surface area contributed by atoms with Crippen LogP contribution in [0.5, 0.6) is 0 Å². The van der Waals surface area contributed by atoms with Crippen LogP contribution in [-0.4, -0.2) is 37.3 Å². The van der Waals surface area contributed by atoms with E-state index in [1.54, 1.807) is 23.6 Å². The normalized spacial score (nSPS) is 10.6. The highest BCUT2D eigenvalue weighted by atomic mass is 32.2. The molecule has 0 atom stereocenters. The molecule has 162 valence electrons. The summed E-state index contributed by atoms with van der Waals surface area (Å²) < 4.78 is 6.85. The highest BCUT2D eigenvalue weighted by Crippen LogP contribution is 2.22. The molecule has 3 aromatic rings. The topological polar surface area (TPSA) is 145 Å². The number of benzene rings is 1. The molecular weight excluding hydrogens is 424 g/mol. The number of non-ortho nitro benzene ring substituents is 1. The summed E-state index contributed by atoms with van der Waals surface area (Å²) in [7, 11) is 0.